The Morgan fingerprint density at radius 2 is 1.97 bits per heavy atom. The van der Waals surface area contributed by atoms with Gasteiger partial charge in [0.05, 0.1) is 11.3 Å². The number of aromatic nitrogens is 3. The van der Waals surface area contributed by atoms with Gasteiger partial charge < -0.3 is 10.3 Å². The van der Waals surface area contributed by atoms with E-state index in [1.807, 2.05) is 6.07 Å². The van der Waals surface area contributed by atoms with Gasteiger partial charge in [-0.1, -0.05) is 13.0 Å². The number of pyridine rings is 2. The summed E-state index contributed by atoms with van der Waals surface area (Å²) in [5.74, 6) is -3.39. The third-order valence-corrected chi connectivity index (χ3v) is 4.84. The van der Waals surface area contributed by atoms with Crippen LogP contribution in [0, 0.1) is 11.6 Å². The second-order valence-corrected chi connectivity index (χ2v) is 6.98. The number of nitrogens with zero attached hydrogens (tertiary/aromatic N) is 2. The van der Waals surface area contributed by atoms with Gasteiger partial charge in [-0.15, -0.1) is 0 Å². The molecule has 0 aliphatic carbocycles. The monoisotopic (exact) mass is 420 g/mol. The molecule has 0 fully saturated rings. The van der Waals surface area contributed by atoms with Crippen LogP contribution in [0.15, 0.2) is 55.1 Å². The second-order valence-electron chi connectivity index (χ2n) is 6.98. The number of fused-ring (bicyclic) bond motifs is 1. The number of anilines is 1. The summed E-state index contributed by atoms with van der Waals surface area (Å²) >= 11 is 0. The Bertz CT molecular complexity index is 1290. The van der Waals surface area contributed by atoms with Crippen LogP contribution < -0.4 is 5.32 Å². The van der Waals surface area contributed by atoms with Crippen LogP contribution >= 0.6 is 0 Å². The molecule has 0 spiro atoms. The lowest BCUT2D eigenvalue weighted by molar-refractivity contribution is -0.116. The number of hydrogen-bond donors (Lipinski definition) is 2. The molecule has 0 aliphatic rings. The third kappa shape index (κ3) is 3.92. The first-order valence-corrected chi connectivity index (χ1v) is 9.69. The van der Waals surface area contributed by atoms with Crippen LogP contribution in [0.2, 0.25) is 0 Å². The molecular formula is C23H18F2N4O2. The van der Waals surface area contributed by atoms with Gasteiger partial charge in [0.25, 0.3) is 0 Å². The van der Waals surface area contributed by atoms with E-state index in [1.165, 1.54) is 6.20 Å². The summed E-state index contributed by atoms with van der Waals surface area (Å²) in [6.07, 6.45) is 7.04. The fourth-order valence-electron chi connectivity index (χ4n) is 3.31. The number of carbonyl (C=O) groups is 2. The number of carbonyl (C=O) groups excluding carboxylic acids is 2. The SMILES string of the molecule is CCCC(=O)Nc1ccc(F)c(C(=O)c2c[nH]c3ncc(-c4cccnc4)cc23)c1F. The molecule has 8 heteroatoms. The largest absolute Gasteiger partial charge is 0.345 e. The number of amides is 1. The second kappa shape index (κ2) is 8.43. The van der Waals surface area contributed by atoms with Crippen LogP contribution in [-0.4, -0.2) is 26.6 Å². The third-order valence-electron chi connectivity index (χ3n) is 4.84. The molecule has 1 aromatic carbocycles. The minimum Gasteiger partial charge on any atom is -0.345 e. The van der Waals surface area contributed by atoms with Crippen molar-refractivity contribution in [1.29, 1.82) is 0 Å². The zero-order valence-corrected chi connectivity index (χ0v) is 16.6. The maximum Gasteiger partial charge on any atom is 0.224 e. The molecule has 2 N–H and O–H groups in total. The van der Waals surface area contributed by atoms with Gasteiger partial charge >= 0.3 is 0 Å². The Kier molecular flexibility index (Phi) is 5.53. The zero-order valence-electron chi connectivity index (χ0n) is 16.6. The Morgan fingerprint density at radius 1 is 1.13 bits per heavy atom. The number of hydrogen-bond acceptors (Lipinski definition) is 4. The minimum atomic E-state index is -1.11. The number of benzene rings is 1. The maximum atomic E-state index is 15.0. The van der Waals surface area contributed by atoms with Gasteiger partial charge in [0.1, 0.15) is 11.5 Å². The molecule has 0 saturated heterocycles. The van der Waals surface area contributed by atoms with Crippen molar-refractivity contribution in [2.24, 2.45) is 0 Å². The molecule has 3 heterocycles. The van der Waals surface area contributed by atoms with E-state index >= 15 is 4.39 Å². The first kappa shape index (κ1) is 20.3. The van der Waals surface area contributed by atoms with Gasteiger partial charge in [-0.25, -0.2) is 13.8 Å². The fourth-order valence-corrected chi connectivity index (χ4v) is 3.31. The molecule has 4 aromatic rings. The normalized spacial score (nSPS) is 10.9. The zero-order chi connectivity index (χ0) is 22.0. The fraction of sp³-hybridized carbons (Fsp3) is 0.130. The van der Waals surface area contributed by atoms with E-state index in [4.69, 9.17) is 0 Å². The standard InChI is InChI=1S/C23H18F2N4O2/c1-2-4-19(30)29-18-7-6-17(24)20(21(18)25)22(31)16-12-28-23-15(16)9-14(11-27-23)13-5-3-8-26-10-13/h3,5-12H,2,4H2,1H3,(H,27,28)(H,29,30). The molecule has 0 radical (unpaired) electrons. The summed E-state index contributed by atoms with van der Waals surface area (Å²) in [6, 6.07) is 7.39. The van der Waals surface area contributed by atoms with Crippen molar-refractivity contribution in [3.8, 4) is 11.1 Å². The quantitative estimate of drug-likeness (QED) is 0.436. The van der Waals surface area contributed by atoms with Crippen molar-refractivity contribution in [2.45, 2.75) is 19.8 Å². The lowest BCUT2D eigenvalue weighted by Gasteiger charge is -2.10. The van der Waals surface area contributed by atoms with Crippen molar-refractivity contribution in [3.63, 3.8) is 0 Å². The molecule has 4 rings (SSSR count). The highest BCUT2D eigenvalue weighted by Gasteiger charge is 2.25. The average molecular weight is 420 g/mol. The molecular weight excluding hydrogens is 402 g/mol. The van der Waals surface area contributed by atoms with Gasteiger partial charge in [-0.05, 0) is 30.7 Å². The summed E-state index contributed by atoms with van der Waals surface area (Å²) in [4.78, 5) is 36.2. The first-order valence-electron chi connectivity index (χ1n) is 9.69. The van der Waals surface area contributed by atoms with Crippen molar-refractivity contribution in [3.05, 3.63) is 77.9 Å². The van der Waals surface area contributed by atoms with E-state index in [9.17, 15) is 14.0 Å². The van der Waals surface area contributed by atoms with E-state index < -0.39 is 28.9 Å². The number of nitrogens with one attached hydrogen (secondary N) is 2. The van der Waals surface area contributed by atoms with Gasteiger partial charge in [0.15, 0.2) is 5.82 Å². The van der Waals surface area contributed by atoms with Gasteiger partial charge in [-0.2, -0.15) is 0 Å². The lowest BCUT2D eigenvalue weighted by Crippen LogP contribution is -2.15. The van der Waals surface area contributed by atoms with Gasteiger partial charge in [0, 0.05) is 53.3 Å². The molecule has 3 aromatic heterocycles. The summed E-state index contributed by atoms with van der Waals surface area (Å²) in [5.41, 5.74) is 0.997. The van der Waals surface area contributed by atoms with E-state index in [1.54, 1.807) is 37.6 Å². The van der Waals surface area contributed by atoms with Crippen LogP contribution in [-0.2, 0) is 4.79 Å². The van der Waals surface area contributed by atoms with Gasteiger partial charge in [0.2, 0.25) is 11.7 Å². The summed E-state index contributed by atoms with van der Waals surface area (Å²) in [7, 11) is 0. The van der Waals surface area contributed by atoms with E-state index in [0.717, 1.165) is 17.7 Å². The van der Waals surface area contributed by atoms with Crippen molar-refractivity contribution < 1.29 is 18.4 Å². The molecule has 1 amide bonds. The molecule has 0 unspecified atom stereocenters. The summed E-state index contributed by atoms with van der Waals surface area (Å²) < 4.78 is 29.5. The van der Waals surface area contributed by atoms with Crippen LogP contribution in [0.4, 0.5) is 14.5 Å². The summed E-state index contributed by atoms with van der Waals surface area (Å²) in [5, 5.41) is 2.81. The van der Waals surface area contributed by atoms with Crippen LogP contribution in [0.5, 0.6) is 0 Å². The highest BCUT2D eigenvalue weighted by atomic mass is 19.1. The molecule has 0 aliphatic heterocycles. The minimum absolute atomic E-state index is 0.0723. The van der Waals surface area contributed by atoms with Gasteiger partial charge in [-0.3, -0.25) is 14.6 Å². The Labute approximate surface area is 176 Å². The van der Waals surface area contributed by atoms with E-state index in [2.05, 4.69) is 20.3 Å². The smallest absolute Gasteiger partial charge is 0.224 e. The van der Waals surface area contributed by atoms with Crippen molar-refractivity contribution in [1.82, 2.24) is 15.0 Å². The van der Waals surface area contributed by atoms with Crippen LogP contribution in [0.1, 0.15) is 35.7 Å². The molecule has 156 valence electrons. The molecule has 0 bridgehead atoms. The highest BCUT2D eigenvalue weighted by Crippen LogP contribution is 2.29. The molecule has 0 atom stereocenters. The number of rotatable bonds is 6. The number of halogens is 2. The van der Waals surface area contributed by atoms with E-state index in [-0.39, 0.29) is 17.7 Å². The highest BCUT2D eigenvalue weighted by molar-refractivity contribution is 6.17. The number of H-pyrrole nitrogens is 1. The summed E-state index contributed by atoms with van der Waals surface area (Å²) in [6.45, 7) is 1.81. The van der Waals surface area contributed by atoms with Crippen molar-refractivity contribution >= 4 is 28.4 Å². The maximum absolute atomic E-state index is 15.0. The predicted octanol–water partition coefficient (Wildman–Crippen LogP) is 4.87. The lowest BCUT2D eigenvalue weighted by atomic mass is 10.00. The molecule has 31 heavy (non-hydrogen) atoms. The van der Waals surface area contributed by atoms with E-state index in [0.29, 0.717) is 23.0 Å². The number of ketones is 1. The van der Waals surface area contributed by atoms with Crippen LogP contribution in [0.3, 0.4) is 0 Å². The van der Waals surface area contributed by atoms with Crippen molar-refractivity contribution in [2.75, 3.05) is 5.32 Å². The topological polar surface area (TPSA) is 87.7 Å². The molecule has 0 saturated carbocycles. The van der Waals surface area contributed by atoms with Crippen LogP contribution in [0.25, 0.3) is 22.2 Å². The predicted molar refractivity (Wildman–Crippen MR) is 113 cm³/mol. The molecule has 6 nitrogen and oxygen atoms in total. The Hall–Kier alpha value is -3.94. The number of aromatic amines is 1. The Balaban J connectivity index is 1.77. The first-order chi connectivity index (χ1) is 15.0. The average Bonchev–Trinajstić information content (AvgIpc) is 3.20. The Morgan fingerprint density at radius 3 is 2.71 bits per heavy atom.